The molecule has 0 radical (unpaired) electrons. The zero-order valence-corrected chi connectivity index (χ0v) is 24.4. The number of anilines is 1. The largest absolute Gasteiger partial charge is 0.435 e. The van der Waals surface area contributed by atoms with Crippen LogP contribution in [0.4, 0.5) is 27.6 Å². The van der Waals surface area contributed by atoms with Gasteiger partial charge < -0.3 is 25.8 Å². The minimum absolute atomic E-state index is 0.00828. The Morgan fingerprint density at radius 2 is 1.89 bits per heavy atom. The molecule has 0 aliphatic carbocycles. The topological polar surface area (TPSA) is 126 Å². The number of halogens is 6. The highest BCUT2D eigenvalue weighted by molar-refractivity contribution is 6.34. The van der Waals surface area contributed by atoms with Crippen LogP contribution in [0.5, 0.6) is 0 Å². The van der Waals surface area contributed by atoms with Crippen LogP contribution in [0.3, 0.4) is 0 Å². The van der Waals surface area contributed by atoms with Gasteiger partial charge in [0.2, 0.25) is 5.91 Å². The Bertz CT molecular complexity index is 1510. The van der Waals surface area contributed by atoms with Gasteiger partial charge in [0, 0.05) is 58.2 Å². The van der Waals surface area contributed by atoms with Gasteiger partial charge >= 0.3 is 6.18 Å². The molecule has 1 aromatic carbocycles. The second-order valence-electron chi connectivity index (χ2n) is 10.0. The van der Waals surface area contributed by atoms with Crippen LogP contribution in [0.25, 0.3) is 17.0 Å². The highest BCUT2D eigenvalue weighted by atomic mass is 35.5. The molecule has 4 N–H and O–H groups in total. The molecule has 1 aliphatic heterocycles. The van der Waals surface area contributed by atoms with Crippen LogP contribution in [0.15, 0.2) is 37.2 Å². The lowest BCUT2D eigenvalue weighted by Crippen LogP contribution is -2.51. The van der Waals surface area contributed by atoms with E-state index in [1.54, 1.807) is 17.0 Å². The molecular weight excluding hydrogens is 613 g/mol. The number of alkyl halides is 5. The first-order valence-electron chi connectivity index (χ1n) is 13.5. The molecule has 44 heavy (non-hydrogen) atoms. The number of imidazole rings is 1. The molecule has 1 saturated heterocycles. The molecule has 0 unspecified atom stereocenters. The van der Waals surface area contributed by atoms with Gasteiger partial charge in [0.15, 0.2) is 11.5 Å². The molecule has 11 nitrogen and oxygen atoms in total. The first kappa shape index (κ1) is 32.9. The van der Waals surface area contributed by atoms with E-state index < -0.39 is 30.4 Å². The molecule has 1 aliphatic rings. The molecule has 0 saturated carbocycles. The van der Waals surface area contributed by atoms with Crippen molar-refractivity contribution in [2.75, 3.05) is 51.1 Å². The van der Waals surface area contributed by atoms with E-state index in [0.29, 0.717) is 49.6 Å². The summed E-state index contributed by atoms with van der Waals surface area (Å²) in [5, 5.41) is 9.18. The van der Waals surface area contributed by atoms with Crippen LogP contribution >= 0.6 is 11.6 Å². The number of hydrogen-bond donors (Lipinski definition) is 3. The Kier molecular flexibility index (Phi) is 10.3. The molecule has 0 atom stereocenters. The highest BCUT2D eigenvalue weighted by Gasteiger charge is 2.38. The average Bonchev–Trinajstić information content (AvgIpc) is 3.55. The fraction of sp³-hybridized carbons (Fsp3) is 0.407. The minimum atomic E-state index is -4.88. The lowest BCUT2D eigenvalue weighted by Gasteiger charge is -2.34. The summed E-state index contributed by atoms with van der Waals surface area (Å²) in [6.45, 7) is 5.75. The number of carbonyl (C=O) groups is 2. The van der Waals surface area contributed by atoms with E-state index in [4.69, 9.17) is 17.3 Å². The fourth-order valence-corrected chi connectivity index (χ4v) is 5.00. The first-order valence-corrected chi connectivity index (χ1v) is 13.9. The van der Waals surface area contributed by atoms with Crippen LogP contribution in [0.1, 0.15) is 21.9 Å². The SMILES string of the molecule is C=C(Nc1ccc(C(=O)N2CCN(CC(=O)NCCN)CC2)c(Cl)c1)c1ncc(-c2cn(CC(F)F)nc2C(F)(F)F)n1C. The number of rotatable bonds is 11. The number of benzene rings is 1. The summed E-state index contributed by atoms with van der Waals surface area (Å²) in [6.07, 6.45) is -5.70. The molecule has 3 aromatic rings. The van der Waals surface area contributed by atoms with Gasteiger partial charge in [-0.15, -0.1) is 0 Å². The number of hydrogen-bond acceptors (Lipinski definition) is 7. The normalized spacial score (nSPS) is 14.2. The van der Waals surface area contributed by atoms with Crippen molar-refractivity contribution in [1.29, 1.82) is 0 Å². The highest BCUT2D eigenvalue weighted by Crippen LogP contribution is 2.37. The maximum absolute atomic E-state index is 13.6. The van der Waals surface area contributed by atoms with E-state index in [1.165, 1.54) is 23.9 Å². The number of nitrogens with two attached hydrogens (primary N) is 1. The Morgan fingerprint density at radius 1 is 1.18 bits per heavy atom. The molecular formula is C27H31ClF5N9O2. The van der Waals surface area contributed by atoms with Gasteiger partial charge in [-0.05, 0) is 18.2 Å². The van der Waals surface area contributed by atoms with E-state index in [-0.39, 0.29) is 46.2 Å². The second-order valence-corrected chi connectivity index (χ2v) is 10.4. The van der Waals surface area contributed by atoms with Crippen molar-refractivity contribution in [3.05, 3.63) is 59.3 Å². The molecule has 17 heteroatoms. The van der Waals surface area contributed by atoms with Gasteiger partial charge in [-0.3, -0.25) is 19.2 Å². The van der Waals surface area contributed by atoms with Crippen molar-refractivity contribution >= 4 is 34.8 Å². The van der Waals surface area contributed by atoms with Crippen molar-refractivity contribution < 1.29 is 31.5 Å². The summed E-state index contributed by atoms with van der Waals surface area (Å²) in [7, 11) is 1.45. The zero-order valence-electron chi connectivity index (χ0n) is 23.7. The lowest BCUT2D eigenvalue weighted by molar-refractivity contribution is -0.141. The molecule has 4 rings (SSSR count). The lowest BCUT2D eigenvalue weighted by atomic mass is 10.1. The van der Waals surface area contributed by atoms with Gasteiger partial charge in [-0.1, -0.05) is 18.2 Å². The van der Waals surface area contributed by atoms with Crippen molar-refractivity contribution in [2.45, 2.75) is 19.1 Å². The van der Waals surface area contributed by atoms with E-state index in [2.05, 4.69) is 27.3 Å². The summed E-state index contributed by atoms with van der Waals surface area (Å²) < 4.78 is 68.4. The quantitative estimate of drug-likeness (QED) is 0.274. The number of aromatic nitrogens is 4. The zero-order chi connectivity index (χ0) is 32.2. The summed E-state index contributed by atoms with van der Waals surface area (Å²) >= 11 is 6.45. The first-order chi connectivity index (χ1) is 20.8. The Balaban J connectivity index is 1.42. The third-order valence-corrected chi connectivity index (χ3v) is 7.19. The molecule has 0 spiro atoms. The predicted octanol–water partition coefficient (Wildman–Crippen LogP) is 3.14. The van der Waals surface area contributed by atoms with E-state index >= 15 is 0 Å². The van der Waals surface area contributed by atoms with Gasteiger partial charge in [-0.2, -0.15) is 18.3 Å². The minimum Gasteiger partial charge on any atom is -0.354 e. The number of piperazine rings is 1. The molecule has 238 valence electrons. The third kappa shape index (κ3) is 7.73. The van der Waals surface area contributed by atoms with Crippen LogP contribution in [-0.4, -0.2) is 93.2 Å². The molecule has 2 aromatic heterocycles. The Hall–Kier alpha value is -4.02. The monoisotopic (exact) mass is 643 g/mol. The molecule has 3 heterocycles. The molecule has 0 bridgehead atoms. The van der Waals surface area contributed by atoms with Crippen molar-refractivity contribution in [2.24, 2.45) is 12.8 Å². The summed E-state index contributed by atoms with van der Waals surface area (Å²) in [5.74, 6) is -0.230. The number of nitrogens with zero attached hydrogens (tertiary/aromatic N) is 6. The van der Waals surface area contributed by atoms with Crippen molar-refractivity contribution in [3.63, 3.8) is 0 Å². The maximum Gasteiger partial charge on any atom is 0.435 e. The smallest absolute Gasteiger partial charge is 0.354 e. The third-order valence-electron chi connectivity index (χ3n) is 6.88. The standard InChI is InChI=1S/C27H31ClF5N9O2/c1-16(25-36-12-21(39(25)2)19-13-42(14-22(29)30)38-24(19)27(31,32)33)37-17-3-4-18(20(28)11-17)26(44)41-9-7-40(8-10-41)15-23(43)35-6-5-34/h3-4,11-13,22,37H,1,5-10,14-15,34H2,2H3,(H,35,43). The fourth-order valence-electron chi connectivity index (χ4n) is 4.74. The maximum atomic E-state index is 13.6. The second kappa shape index (κ2) is 13.7. The summed E-state index contributed by atoms with van der Waals surface area (Å²) in [4.78, 5) is 32.8. The van der Waals surface area contributed by atoms with Gasteiger partial charge in [-0.25, -0.2) is 13.8 Å². The van der Waals surface area contributed by atoms with Gasteiger partial charge in [0.05, 0.1) is 40.3 Å². The van der Waals surface area contributed by atoms with Gasteiger partial charge in [0.25, 0.3) is 12.3 Å². The van der Waals surface area contributed by atoms with Crippen LogP contribution in [-0.2, 0) is 24.6 Å². The van der Waals surface area contributed by atoms with Crippen molar-refractivity contribution in [3.8, 4) is 11.3 Å². The average molecular weight is 644 g/mol. The van der Waals surface area contributed by atoms with Crippen LogP contribution < -0.4 is 16.4 Å². The van der Waals surface area contributed by atoms with Crippen molar-refractivity contribution in [1.82, 2.24) is 34.4 Å². The Morgan fingerprint density at radius 3 is 2.50 bits per heavy atom. The predicted molar refractivity (Wildman–Crippen MR) is 154 cm³/mol. The Labute approximate surface area is 254 Å². The summed E-state index contributed by atoms with van der Waals surface area (Å²) in [6, 6.07) is 4.66. The van der Waals surface area contributed by atoms with Crippen LogP contribution in [0.2, 0.25) is 5.02 Å². The van der Waals surface area contributed by atoms with Crippen LogP contribution in [0, 0.1) is 0 Å². The number of amides is 2. The molecule has 1 fully saturated rings. The van der Waals surface area contributed by atoms with E-state index in [9.17, 15) is 31.5 Å². The van der Waals surface area contributed by atoms with E-state index in [1.807, 2.05) is 4.90 Å². The van der Waals surface area contributed by atoms with Gasteiger partial charge in [0.1, 0.15) is 6.54 Å². The number of carbonyl (C=O) groups excluding carboxylic acids is 2. The number of nitrogens with one attached hydrogen (secondary N) is 2. The summed E-state index contributed by atoms with van der Waals surface area (Å²) in [5.41, 5.74) is 4.59. The van der Waals surface area contributed by atoms with E-state index in [0.717, 1.165) is 6.20 Å². The molecule has 2 amide bonds.